The van der Waals surface area contributed by atoms with Crippen molar-refractivity contribution in [1.29, 1.82) is 0 Å². The van der Waals surface area contributed by atoms with Crippen molar-refractivity contribution in [3.8, 4) is 0 Å². The summed E-state index contributed by atoms with van der Waals surface area (Å²) < 4.78 is 32.7. The molecule has 170 valence electrons. The number of fused-ring (bicyclic) bond motifs is 1. The second-order valence-electron chi connectivity index (χ2n) is 7.27. The molecule has 3 rings (SSSR count). The zero-order chi connectivity index (χ0) is 23.3. The average molecular weight is 475 g/mol. The van der Waals surface area contributed by atoms with E-state index in [4.69, 9.17) is 4.74 Å². The largest absolute Gasteiger partial charge is 0.462 e. The summed E-state index contributed by atoms with van der Waals surface area (Å²) in [5.74, 6) is -0.876. The van der Waals surface area contributed by atoms with Gasteiger partial charge in [-0.25, -0.2) is 13.2 Å². The summed E-state index contributed by atoms with van der Waals surface area (Å²) in [5.41, 5.74) is 2.31. The molecular weight excluding hydrogens is 448 g/mol. The van der Waals surface area contributed by atoms with E-state index >= 15 is 0 Å². The van der Waals surface area contributed by atoms with Gasteiger partial charge in [-0.1, -0.05) is 29.0 Å². The van der Waals surface area contributed by atoms with E-state index in [-0.39, 0.29) is 29.4 Å². The molecule has 0 N–H and O–H groups in total. The normalized spacial score (nSPS) is 12.3. The van der Waals surface area contributed by atoms with Crippen molar-refractivity contribution < 1.29 is 22.7 Å². The molecule has 0 spiro atoms. The lowest BCUT2D eigenvalue weighted by Gasteiger charge is -2.04. The summed E-state index contributed by atoms with van der Waals surface area (Å²) in [4.78, 5) is 29.4. The Labute approximate surface area is 191 Å². The maximum atomic E-state index is 12.5. The van der Waals surface area contributed by atoms with E-state index in [0.717, 1.165) is 15.8 Å². The van der Waals surface area contributed by atoms with Crippen molar-refractivity contribution in [2.24, 2.45) is 4.99 Å². The van der Waals surface area contributed by atoms with Crippen molar-refractivity contribution in [3.63, 3.8) is 0 Å². The fourth-order valence-electron chi connectivity index (χ4n) is 3.24. The molecule has 1 aromatic heterocycles. The van der Waals surface area contributed by atoms with Gasteiger partial charge in [0.25, 0.3) is 0 Å². The zero-order valence-electron chi connectivity index (χ0n) is 18.3. The molecule has 2 aromatic carbocycles. The number of benzene rings is 2. The summed E-state index contributed by atoms with van der Waals surface area (Å²) >= 11 is 1.31. The van der Waals surface area contributed by atoms with Crippen LogP contribution in [0.15, 0.2) is 52.4 Å². The molecule has 1 heterocycles. The van der Waals surface area contributed by atoms with Gasteiger partial charge in [0.1, 0.15) is 0 Å². The summed E-state index contributed by atoms with van der Waals surface area (Å²) in [6.07, 6.45) is 0.236. The minimum atomic E-state index is -3.44. The minimum absolute atomic E-state index is 0.0388. The van der Waals surface area contributed by atoms with Crippen LogP contribution < -0.4 is 4.80 Å². The SMILES string of the molecule is CCOC(=O)c1ccc2c(c1)sc(=NC(=O)CCCS(=O)(=O)c1ccc(C)cc1)n2CC. The topological polar surface area (TPSA) is 94.8 Å². The molecular formula is C23H26N2O5S2. The lowest BCUT2D eigenvalue weighted by molar-refractivity contribution is -0.118. The van der Waals surface area contributed by atoms with Crippen LogP contribution in [-0.4, -0.2) is 37.2 Å². The zero-order valence-corrected chi connectivity index (χ0v) is 20.0. The maximum absolute atomic E-state index is 12.5. The van der Waals surface area contributed by atoms with Gasteiger partial charge in [0.05, 0.1) is 33.0 Å². The van der Waals surface area contributed by atoms with Crippen LogP contribution in [0.4, 0.5) is 0 Å². The number of thiazole rings is 1. The van der Waals surface area contributed by atoms with Crippen molar-refractivity contribution in [1.82, 2.24) is 4.57 Å². The quantitative estimate of drug-likeness (QED) is 0.462. The first-order chi connectivity index (χ1) is 15.2. The molecule has 0 atom stereocenters. The number of aromatic nitrogens is 1. The number of carbonyl (C=O) groups excluding carboxylic acids is 2. The van der Waals surface area contributed by atoms with Crippen LogP contribution in [0.25, 0.3) is 10.2 Å². The average Bonchev–Trinajstić information content (AvgIpc) is 3.10. The molecule has 9 heteroatoms. The van der Waals surface area contributed by atoms with Gasteiger partial charge in [0.2, 0.25) is 5.91 Å². The van der Waals surface area contributed by atoms with Crippen LogP contribution >= 0.6 is 11.3 Å². The highest BCUT2D eigenvalue weighted by Gasteiger charge is 2.15. The summed E-state index contributed by atoms with van der Waals surface area (Å²) in [5, 5.41) is 0. The molecule has 32 heavy (non-hydrogen) atoms. The number of aryl methyl sites for hydroxylation is 2. The molecule has 0 aliphatic rings. The number of hydrogen-bond donors (Lipinski definition) is 0. The van der Waals surface area contributed by atoms with Crippen molar-refractivity contribution in [2.45, 2.75) is 45.1 Å². The molecule has 3 aromatic rings. The number of rotatable bonds is 8. The lowest BCUT2D eigenvalue weighted by Crippen LogP contribution is -2.16. The third-order valence-corrected chi connectivity index (χ3v) is 7.77. The van der Waals surface area contributed by atoms with Gasteiger partial charge in [0.15, 0.2) is 14.6 Å². The number of nitrogens with zero attached hydrogens (tertiary/aromatic N) is 2. The van der Waals surface area contributed by atoms with Crippen LogP contribution in [-0.2, 0) is 25.9 Å². The van der Waals surface area contributed by atoms with Crippen LogP contribution in [0, 0.1) is 6.92 Å². The lowest BCUT2D eigenvalue weighted by atomic mass is 10.2. The first-order valence-electron chi connectivity index (χ1n) is 10.4. The number of amides is 1. The molecule has 0 saturated carbocycles. The Bertz CT molecular complexity index is 1300. The summed E-state index contributed by atoms with van der Waals surface area (Å²) in [6, 6.07) is 11.9. The molecule has 0 radical (unpaired) electrons. The van der Waals surface area contributed by atoms with Crippen LogP contribution in [0.5, 0.6) is 0 Å². The highest BCUT2D eigenvalue weighted by atomic mass is 32.2. The Hall–Kier alpha value is -2.78. The van der Waals surface area contributed by atoms with Crippen molar-refractivity contribution >= 4 is 43.3 Å². The summed E-state index contributed by atoms with van der Waals surface area (Å²) in [7, 11) is -3.44. The predicted molar refractivity (Wildman–Crippen MR) is 124 cm³/mol. The van der Waals surface area contributed by atoms with Gasteiger partial charge in [-0.15, -0.1) is 0 Å². The molecule has 0 aliphatic heterocycles. The molecule has 0 aliphatic carbocycles. The smallest absolute Gasteiger partial charge is 0.338 e. The van der Waals surface area contributed by atoms with E-state index in [1.807, 2.05) is 24.5 Å². The Morgan fingerprint density at radius 1 is 1.09 bits per heavy atom. The van der Waals surface area contributed by atoms with Crippen LogP contribution in [0.1, 0.15) is 42.6 Å². The van der Waals surface area contributed by atoms with Gasteiger partial charge < -0.3 is 9.30 Å². The summed E-state index contributed by atoms with van der Waals surface area (Å²) in [6.45, 7) is 6.49. The molecule has 0 unspecified atom stereocenters. The highest BCUT2D eigenvalue weighted by molar-refractivity contribution is 7.91. The molecule has 0 fully saturated rings. The number of esters is 1. The van der Waals surface area contributed by atoms with E-state index in [1.54, 1.807) is 43.3 Å². The van der Waals surface area contributed by atoms with E-state index in [2.05, 4.69) is 4.99 Å². The highest BCUT2D eigenvalue weighted by Crippen LogP contribution is 2.20. The minimum Gasteiger partial charge on any atom is -0.462 e. The maximum Gasteiger partial charge on any atom is 0.338 e. The molecule has 0 saturated heterocycles. The fraction of sp³-hybridized carbons (Fsp3) is 0.348. The van der Waals surface area contributed by atoms with Crippen molar-refractivity contribution in [3.05, 3.63) is 58.4 Å². The van der Waals surface area contributed by atoms with Crippen LogP contribution in [0.3, 0.4) is 0 Å². The van der Waals surface area contributed by atoms with E-state index in [1.165, 1.54) is 11.3 Å². The number of hydrogen-bond acceptors (Lipinski definition) is 6. The van der Waals surface area contributed by atoms with Crippen molar-refractivity contribution in [2.75, 3.05) is 12.4 Å². The fourth-order valence-corrected chi connectivity index (χ4v) is 5.71. The van der Waals surface area contributed by atoms with Gasteiger partial charge >= 0.3 is 5.97 Å². The van der Waals surface area contributed by atoms with E-state index < -0.39 is 15.8 Å². The van der Waals surface area contributed by atoms with E-state index in [9.17, 15) is 18.0 Å². The van der Waals surface area contributed by atoms with Crippen LogP contribution in [0.2, 0.25) is 0 Å². The number of sulfone groups is 1. The first kappa shape index (κ1) is 23.9. The number of carbonyl (C=O) groups is 2. The second-order valence-corrected chi connectivity index (χ2v) is 10.4. The molecule has 0 bridgehead atoms. The second kappa shape index (κ2) is 10.2. The van der Waals surface area contributed by atoms with Gasteiger partial charge in [0, 0.05) is 13.0 Å². The predicted octanol–water partition coefficient (Wildman–Crippen LogP) is 3.89. The van der Waals surface area contributed by atoms with E-state index in [0.29, 0.717) is 23.5 Å². The van der Waals surface area contributed by atoms with Gasteiger partial charge in [-0.2, -0.15) is 4.99 Å². The number of ether oxygens (including phenoxy) is 1. The monoisotopic (exact) mass is 474 g/mol. The molecule has 1 amide bonds. The Morgan fingerprint density at radius 3 is 2.47 bits per heavy atom. The first-order valence-corrected chi connectivity index (χ1v) is 12.9. The third kappa shape index (κ3) is 5.52. The third-order valence-electron chi connectivity index (χ3n) is 4.91. The Balaban J connectivity index is 1.75. The Morgan fingerprint density at radius 2 is 1.81 bits per heavy atom. The van der Waals surface area contributed by atoms with Gasteiger partial charge in [-0.05, 0) is 57.5 Å². The standard InChI is InChI=1S/C23H26N2O5S2/c1-4-25-19-13-10-17(22(27)30-5-2)15-20(19)31-23(25)24-21(26)7-6-14-32(28,29)18-11-8-16(3)9-12-18/h8-13,15H,4-7,14H2,1-3H3. The molecule has 7 nitrogen and oxygen atoms in total. The van der Waals surface area contributed by atoms with Gasteiger partial charge in [-0.3, -0.25) is 4.79 Å². The Kier molecular flexibility index (Phi) is 7.63.